The average Bonchev–Trinajstić information content (AvgIpc) is 3.07. The third-order valence-electron chi connectivity index (χ3n) is 4.17. The maximum absolute atomic E-state index is 12.3. The van der Waals surface area contributed by atoms with Crippen molar-refractivity contribution in [2.45, 2.75) is 45.2 Å². The van der Waals surface area contributed by atoms with Crippen molar-refractivity contribution < 1.29 is 14.3 Å². The van der Waals surface area contributed by atoms with E-state index in [1.807, 2.05) is 18.7 Å². The van der Waals surface area contributed by atoms with E-state index in [1.165, 1.54) is 11.3 Å². The molecule has 2 aromatic heterocycles. The second-order valence-electron chi connectivity index (χ2n) is 5.73. The summed E-state index contributed by atoms with van der Waals surface area (Å²) in [5.74, 6) is -0.611. The van der Waals surface area contributed by atoms with Gasteiger partial charge >= 0.3 is 5.97 Å². The molecule has 0 saturated carbocycles. The molecule has 2 aromatic rings. The summed E-state index contributed by atoms with van der Waals surface area (Å²) in [6, 6.07) is 0.410. The Hall–Kier alpha value is -1.89. The normalized spacial score (nSPS) is 22.0. The Kier molecular flexibility index (Phi) is 4.15. The van der Waals surface area contributed by atoms with Crippen molar-refractivity contribution in [1.82, 2.24) is 14.3 Å². The van der Waals surface area contributed by atoms with Gasteiger partial charge in [-0.05, 0) is 33.1 Å². The van der Waals surface area contributed by atoms with Crippen LogP contribution in [-0.4, -0.2) is 44.9 Å². The van der Waals surface area contributed by atoms with Gasteiger partial charge in [0.15, 0.2) is 6.61 Å². The van der Waals surface area contributed by atoms with Gasteiger partial charge in [-0.2, -0.15) is 0 Å². The van der Waals surface area contributed by atoms with Crippen LogP contribution in [-0.2, 0) is 9.53 Å². The van der Waals surface area contributed by atoms with Gasteiger partial charge < -0.3 is 9.64 Å². The van der Waals surface area contributed by atoms with Crippen LogP contribution in [0.4, 0.5) is 0 Å². The largest absolute Gasteiger partial charge is 0.451 e. The van der Waals surface area contributed by atoms with Gasteiger partial charge in [-0.25, -0.2) is 9.78 Å². The molecule has 7 heteroatoms. The monoisotopic (exact) mass is 321 g/mol. The minimum Gasteiger partial charge on any atom is -0.451 e. The van der Waals surface area contributed by atoms with Crippen LogP contribution < -0.4 is 0 Å². The smallest absolute Gasteiger partial charge is 0.356 e. The van der Waals surface area contributed by atoms with Crippen LogP contribution in [0, 0.1) is 0 Å². The van der Waals surface area contributed by atoms with Crippen molar-refractivity contribution in [2.24, 2.45) is 0 Å². The third kappa shape index (κ3) is 2.72. The number of hydrogen-bond donors (Lipinski definition) is 0. The van der Waals surface area contributed by atoms with Gasteiger partial charge in [0.05, 0.1) is 6.20 Å². The predicted octanol–water partition coefficient (Wildman–Crippen LogP) is 2.34. The molecule has 0 aliphatic carbocycles. The zero-order chi connectivity index (χ0) is 15.7. The first-order valence-corrected chi connectivity index (χ1v) is 8.33. The highest BCUT2D eigenvalue weighted by atomic mass is 32.1. The highest BCUT2D eigenvalue weighted by molar-refractivity contribution is 7.15. The molecule has 0 spiro atoms. The minimum atomic E-state index is -0.491. The number of hydrogen-bond acceptors (Lipinski definition) is 5. The molecule has 3 heterocycles. The molecule has 1 aliphatic heterocycles. The molecular weight excluding hydrogens is 302 g/mol. The molecule has 118 valence electrons. The number of nitrogens with zero attached hydrogens (tertiary/aromatic N) is 3. The molecule has 1 saturated heterocycles. The Morgan fingerprint density at radius 3 is 2.82 bits per heavy atom. The first-order chi connectivity index (χ1) is 10.6. The van der Waals surface area contributed by atoms with Crippen molar-refractivity contribution >= 4 is 28.0 Å². The Bertz CT molecular complexity index is 683. The number of carbonyl (C=O) groups is 2. The fraction of sp³-hybridized carbons (Fsp3) is 0.533. The standard InChI is InChI=1S/C15H19N3O3S/c1-10-4-3-5-11(2)18(10)13(19)7-21-15(20)12-8-22-14-6-16-9-17(12)14/h6,8-11H,3-5,7H2,1-2H3. The molecule has 3 rings (SSSR count). The number of imidazole rings is 1. The Morgan fingerprint density at radius 1 is 1.36 bits per heavy atom. The molecule has 1 aliphatic rings. The summed E-state index contributed by atoms with van der Waals surface area (Å²) < 4.78 is 6.87. The van der Waals surface area contributed by atoms with Crippen LogP contribution in [0.3, 0.4) is 0 Å². The van der Waals surface area contributed by atoms with Crippen LogP contribution in [0.5, 0.6) is 0 Å². The Labute approximate surface area is 132 Å². The first kappa shape index (κ1) is 15.0. The summed E-state index contributed by atoms with van der Waals surface area (Å²) in [4.78, 5) is 31.2. The van der Waals surface area contributed by atoms with Gasteiger partial charge in [-0.3, -0.25) is 9.20 Å². The van der Waals surface area contributed by atoms with E-state index < -0.39 is 5.97 Å². The summed E-state index contributed by atoms with van der Waals surface area (Å²) in [6.07, 6.45) is 6.40. The van der Waals surface area contributed by atoms with E-state index in [0.29, 0.717) is 5.69 Å². The number of aromatic nitrogens is 2. The SMILES string of the molecule is CC1CCCC(C)N1C(=O)COC(=O)c1csc2cncn12. The number of amides is 1. The maximum atomic E-state index is 12.3. The minimum absolute atomic E-state index is 0.120. The summed E-state index contributed by atoms with van der Waals surface area (Å²) in [5.41, 5.74) is 0.407. The van der Waals surface area contributed by atoms with Crippen LogP contribution in [0.1, 0.15) is 43.6 Å². The molecule has 0 aromatic carbocycles. The molecular formula is C15H19N3O3S. The molecule has 1 amide bonds. The van der Waals surface area contributed by atoms with E-state index in [0.717, 1.165) is 24.1 Å². The summed E-state index contributed by atoms with van der Waals surface area (Å²) in [6.45, 7) is 3.88. The highest BCUT2D eigenvalue weighted by Gasteiger charge is 2.29. The number of likely N-dealkylation sites (tertiary alicyclic amines) is 1. The fourth-order valence-electron chi connectivity index (χ4n) is 3.06. The molecule has 0 bridgehead atoms. The lowest BCUT2D eigenvalue weighted by Crippen LogP contribution is -2.49. The van der Waals surface area contributed by atoms with Gasteiger partial charge in [-0.1, -0.05) is 0 Å². The van der Waals surface area contributed by atoms with Gasteiger partial charge in [-0.15, -0.1) is 11.3 Å². The third-order valence-corrected chi connectivity index (χ3v) is 5.06. The highest BCUT2D eigenvalue weighted by Crippen LogP contribution is 2.22. The Balaban J connectivity index is 1.63. The lowest BCUT2D eigenvalue weighted by molar-refractivity contribution is -0.140. The second kappa shape index (κ2) is 6.08. The zero-order valence-electron chi connectivity index (χ0n) is 12.7. The van der Waals surface area contributed by atoms with Crippen LogP contribution in [0.15, 0.2) is 17.9 Å². The molecule has 2 unspecified atom stereocenters. The number of ether oxygens (including phenoxy) is 1. The lowest BCUT2D eigenvalue weighted by Gasteiger charge is -2.38. The summed E-state index contributed by atoms with van der Waals surface area (Å²) in [7, 11) is 0. The molecule has 2 atom stereocenters. The molecule has 0 N–H and O–H groups in total. The number of rotatable bonds is 3. The van der Waals surface area contributed by atoms with Crippen molar-refractivity contribution in [1.29, 1.82) is 0 Å². The van der Waals surface area contributed by atoms with Gasteiger partial charge in [0, 0.05) is 17.5 Å². The molecule has 0 radical (unpaired) electrons. The van der Waals surface area contributed by atoms with Gasteiger partial charge in [0.2, 0.25) is 0 Å². The number of carbonyl (C=O) groups excluding carboxylic acids is 2. The number of piperidine rings is 1. The average molecular weight is 321 g/mol. The maximum Gasteiger partial charge on any atom is 0.356 e. The quantitative estimate of drug-likeness (QED) is 0.814. The summed E-state index contributed by atoms with van der Waals surface area (Å²) in [5, 5.41) is 1.72. The fourth-order valence-corrected chi connectivity index (χ4v) is 3.88. The second-order valence-corrected chi connectivity index (χ2v) is 6.62. The van der Waals surface area contributed by atoms with Gasteiger partial charge in [0.25, 0.3) is 5.91 Å². The van der Waals surface area contributed by atoms with Crippen LogP contribution >= 0.6 is 11.3 Å². The number of esters is 1. The lowest BCUT2D eigenvalue weighted by atomic mass is 9.97. The van der Waals surface area contributed by atoms with E-state index in [9.17, 15) is 9.59 Å². The van der Waals surface area contributed by atoms with Gasteiger partial charge in [0.1, 0.15) is 16.9 Å². The zero-order valence-corrected chi connectivity index (χ0v) is 13.5. The Morgan fingerprint density at radius 2 is 2.09 bits per heavy atom. The van der Waals surface area contributed by atoms with Crippen LogP contribution in [0.2, 0.25) is 0 Å². The van der Waals surface area contributed by atoms with E-state index in [4.69, 9.17) is 4.74 Å². The number of fused-ring (bicyclic) bond motifs is 1. The van der Waals surface area contributed by atoms with Crippen molar-refractivity contribution in [2.75, 3.05) is 6.61 Å². The summed E-state index contributed by atoms with van der Waals surface area (Å²) >= 11 is 1.42. The van der Waals surface area contributed by atoms with E-state index >= 15 is 0 Å². The molecule has 1 fully saturated rings. The van der Waals surface area contributed by atoms with E-state index in [-0.39, 0.29) is 24.6 Å². The van der Waals surface area contributed by atoms with Crippen LogP contribution in [0.25, 0.3) is 4.83 Å². The van der Waals surface area contributed by atoms with Crippen molar-refractivity contribution in [3.63, 3.8) is 0 Å². The number of thiazole rings is 1. The molecule has 6 nitrogen and oxygen atoms in total. The van der Waals surface area contributed by atoms with E-state index in [1.54, 1.807) is 22.3 Å². The molecule has 22 heavy (non-hydrogen) atoms. The first-order valence-electron chi connectivity index (χ1n) is 7.45. The predicted molar refractivity (Wildman–Crippen MR) is 83.0 cm³/mol. The van der Waals surface area contributed by atoms with Crippen molar-refractivity contribution in [3.05, 3.63) is 23.6 Å². The topological polar surface area (TPSA) is 63.9 Å². The van der Waals surface area contributed by atoms with E-state index in [2.05, 4.69) is 4.98 Å². The van der Waals surface area contributed by atoms with Crippen molar-refractivity contribution in [3.8, 4) is 0 Å².